The molecule has 0 bridgehead atoms. The second-order valence-corrected chi connectivity index (χ2v) is 9.43. The van der Waals surface area contributed by atoms with Crippen LogP contribution in [0.2, 0.25) is 0 Å². The maximum Gasteiger partial charge on any atom is 0.0756 e. The zero-order valence-electron chi connectivity index (χ0n) is 15.9. The van der Waals surface area contributed by atoms with E-state index >= 15 is 0 Å². The average Bonchev–Trinajstić information content (AvgIpc) is 3.16. The molecular weight excluding hydrogens is 328 g/mol. The van der Waals surface area contributed by atoms with Crippen molar-refractivity contribution in [3.8, 4) is 0 Å². The molecule has 1 aromatic heterocycles. The third-order valence-electron chi connectivity index (χ3n) is 8.48. The van der Waals surface area contributed by atoms with Gasteiger partial charge in [-0.2, -0.15) is 5.10 Å². The lowest BCUT2D eigenvalue weighted by molar-refractivity contribution is -0.0744. The number of hydrogen-bond donors (Lipinski definition) is 4. The maximum atomic E-state index is 10.4. The van der Waals surface area contributed by atoms with Crippen LogP contribution < -0.4 is 0 Å². The molecule has 0 spiro atoms. The van der Waals surface area contributed by atoms with E-state index in [0.717, 1.165) is 37.0 Å². The molecule has 0 aromatic carbocycles. The number of fused-ring (bicyclic) bond motifs is 2. The Morgan fingerprint density at radius 2 is 2.04 bits per heavy atom. The van der Waals surface area contributed by atoms with Crippen LogP contribution in [0.3, 0.4) is 0 Å². The molecule has 0 saturated heterocycles. The summed E-state index contributed by atoms with van der Waals surface area (Å²) in [5.74, 6) is 0.878. The van der Waals surface area contributed by atoms with Gasteiger partial charge in [-0.25, -0.2) is 0 Å². The lowest BCUT2D eigenvalue weighted by Crippen LogP contribution is -2.52. The number of H-pyrrole nitrogens is 1. The van der Waals surface area contributed by atoms with E-state index in [9.17, 15) is 15.3 Å². The molecule has 5 heteroatoms. The molecule has 144 valence electrons. The SMILES string of the molecule is C=C1[C@H](O)C[C@H]2[C@H](CO)[C@@H]([C@@]3(C)Cc4cn[nH]c4C[C@@H]3CO)CC[C@]12C. The largest absolute Gasteiger partial charge is 0.396 e. The van der Waals surface area contributed by atoms with Gasteiger partial charge in [-0.05, 0) is 77.7 Å². The minimum Gasteiger partial charge on any atom is -0.396 e. The number of rotatable bonds is 3. The fourth-order valence-electron chi connectivity index (χ4n) is 6.69. The Kier molecular flexibility index (Phi) is 4.33. The Morgan fingerprint density at radius 3 is 2.73 bits per heavy atom. The van der Waals surface area contributed by atoms with Gasteiger partial charge in [0.1, 0.15) is 0 Å². The molecule has 0 aliphatic heterocycles. The summed E-state index contributed by atoms with van der Waals surface area (Å²) in [6.45, 7) is 8.98. The highest BCUT2D eigenvalue weighted by Gasteiger charge is 2.58. The third kappa shape index (κ3) is 2.36. The van der Waals surface area contributed by atoms with Crippen LogP contribution in [-0.4, -0.2) is 44.8 Å². The van der Waals surface area contributed by atoms with Crippen molar-refractivity contribution in [2.24, 2.45) is 34.5 Å². The number of aliphatic hydroxyl groups excluding tert-OH is 3. The topological polar surface area (TPSA) is 89.4 Å². The average molecular weight is 360 g/mol. The molecule has 3 aliphatic carbocycles. The molecule has 5 nitrogen and oxygen atoms in total. The van der Waals surface area contributed by atoms with Crippen LogP contribution in [0.5, 0.6) is 0 Å². The van der Waals surface area contributed by atoms with Gasteiger partial charge in [-0.15, -0.1) is 0 Å². The smallest absolute Gasteiger partial charge is 0.0756 e. The summed E-state index contributed by atoms with van der Waals surface area (Å²) in [4.78, 5) is 0. The molecule has 3 aliphatic rings. The Labute approximate surface area is 155 Å². The van der Waals surface area contributed by atoms with Gasteiger partial charge in [-0.3, -0.25) is 5.10 Å². The van der Waals surface area contributed by atoms with E-state index in [0.29, 0.717) is 12.3 Å². The second kappa shape index (κ2) is 6.18. The van der Waals surface area contributed by atoms with E-state index in [4.69, 9.17) is 0 Å². The summed E-state index contributed by atoms with van der Waals surface area (Å²) in [7, 11) is 0. The van der Waals surface area contributed by atoms with E-state index < -0.39 is 6.10 Å². The molecule has 7 atom stereocenters. The van der Waals surface area contributed by atoms with E-state index in [1.54, 1.807) is 0 Å². The quantitative estimate of drug-likeness (QED) is 0.622. The Hall–Kier alpha value is -1.17. The minimum absolute atomic E-state index is 0.0742. The lowest BCUT2D eigenvalue weighted by atomic mass is 9.49. The zero-order valence-corrected chi connectivity index (χ0v) is 15.9. The first-order valence-electron chi connectivity index (χ1n) is 9.95. The van der Waals surface area contributed by atoms with Crippen LogP contribution in [-0.2, 0) is 12.8 Å². The summed E-state index contributed by atoms with van der Waals surface area (Å²) in [5.41, 5.74) is 3.19. The Bertz CT molecular complexity index is 701. The number of hydrogen-bond acceptors (Lipinski definition) is 4. The first kappa shape index (κ1) is 18.2. The summed E-state index contributed by atoms with van der Waals surface area (Å²) in [6.07, 6.45) is 5.88. The predicted octanol–water partition coefficient (Wildman–Crippen LogP) is 2.08. The zero-order chi connectivity index (χ0) is 18.7. The molecule has 1 aromatic rings. The van der Waals surface area contributed by atoms with E-state index in [1.165, 1.54) is 5.56 Å². The number of aromatic nitrogens is 2. The predicted molar refractivity (Wildman–Crippen MR) is 99.3 cm³/mol. The van der Waals surface area contributed by atoms with Crippen LogP contribution in [0.25, 0.3) is 0 Å². The molecule has 1 heterocycles. The van der Waals surface area contributed by atoms with Crippen molar-refractivity contribution in [2.75, 3.05) is 13.2 Å². The van der Waals surface area contributed by atoms with E-state index in [2.05, 4.69) is 30.6 Å². The normalized spacial score (nSPS) is 45.4. The minimum atomic E-state index is -0.453. The number of aromatic amines is 1. The first-order valence-corrected chi connectivity index (χ1v) is 9.95. The van der Waals surface area contributed by atoms with Crippen LogP contribution >= 0.6 is 0 Å². The van der Waals surface area contributed by atoms with E-state index in [-0.39, 0.29) is 41.8 Å². The highest BCUT2D eigenvalue weighted by Crippen LogP contribution is 2.62. The lowest BCUT2D eigenvalue weighted by Gasteiger charge is -2.55. The monoisotopic (exact) mass is 360 g/mol. The fraction of sp³-hybridized carbons (Fsp3) is 0.762. The highest BCUT2D eigenvalue weighted by atomic mass is 16.3. The number of aliphatic hydroxyl groups is 3. The number of nitrogens with zero attached hydrogens (tertiary/aromatic N) is 1. The van der Waals surface area contributed by atoms with Gasteiger partial charge in [0.15, 0.2) is 0 Å². The van der Waals surface area contributed by atoms with Crippen LogP contribution in [0.4, 0.5) is 0 Å². The van der Waals surface area contributed by atoms with Crippen molar-refractivity contribution >= 4 is 0 Å². The van der Waals surface area contributed by atoms with Crippen LogP contribution in [0.1, 0.15) is 44.4 Å². The fourth-order valence-corrected chi connectivity index (χ4v) is 6.69. The Morgan fingerprint density at radius 1 is 1.27 bits per heavy atom. The summed E-state index contributed by atoms with van der Waals surface area (Å²) >= 11 is 0. The third-order valence-corrected chi connectivity index (χ3v) is 8.48. The van der Waals surface area contributed by atoms with Crippen molar-refractivity contribution in [2.45, 2.75) is 52.1 Å². The van der Waals surface area contributed by atoms with Gasteiger partial charge in [0.2, 0.25) is 0 Å². The van der Waals surface area contributed by atoms with Gasteiger partial charge in [-0.1, -0.05) is 20.4 Å². The second-order valence-electron chi connectivity index (χ2n) is 9.43. The molecule has 0 radical (unpaired) electrons. The first-order chi connectivity index (χ1) is 12.3. The molecule has 4 rings (SSSR count). The van der Waals surface area contributed by atoms with Crippen molar-refractivity contribution in [1.82, 2.24) is 10.2 Å². The molecule has 0 amide bonds. The summed E-state index contributed by atoms with van der Waals surface area (Å²) < 4.78 is 0. The number of nitrogens with one attached hydrogen (secondary N) is 1. The standard InChI is InChI=1S/C21H32N2O3/c1-12-19(26)7-17-15(11-25)16(4-5-20(12,17)2)21(3)8-13-9-22-23-18(13)6-14(21)10-24/h9,14-17,19,24-26H,1,4-8,10-11H2,2-3H3,(H,22,23)/t14-,15-,16+,17+,19-,20-,21+/m1/s1. The maximum absolute atomic E-state index is 10.4. The molecule has 26 heavy (non-hydrogen) atoms. The molecule has 0 unspecified atom stereocenters. The van der Waals surface area contributed by atoms with Crippen LogP contribution in [0, 0.1) is 34.5 Å². The van der Waals surface area contributed by atoms with E-state index in [1.807, 2.05) is 6.20 Å². The highest BCUT2D eigenvalue weighted by molar-refractivity contribution is 5.28. The molecule has 4 N–H and O–H groups in total. The van der Waals surface area contributed by atoms with Crippen molar-refractivity contribution in [1.29, 1.82) is 0 Å². The molecule has 2 fully saturated rings. The summed E-state index contributed by atoms with van der Waals surface area (Å²) in [6, 6.07) is 0. The van der Waals surface area contributed by atoms with Gasteiger partial charge >= 0.3 is 0 Å². The van der Waals surface area contributed by atoms with Gasteiger partial charge in [0, 0.05) is 18.9 Å². The van der Waals surface area contributed by atoms with Gasteiger partial charge in [0.25, 0.3) is 0 Å². The van der Waals surface area contributed by atoms with Crippen molar-refractivity contribution in [3.63, 3.8) is 0 Å². The molecular formula is C21H32N2O3. The summed E-state index contributed by atoms with van der Waals surface area (Å²) in [5, 5.41) is 38.2. The van der Waals surface area contributed by atoms with Crippen molar-refractivity contribution < 1.29 is 15.3 Å². The van der Waals surface area contributed by atoms with Gasteiger partial charge in [0.05, 0.1) is 12.3 Å². The van der Waals surface area contributed by atoms with Crippen molar-refractivity contribution in [3.05, 3.63) is 29.6 Å². The molecule has 2 saturated carbocycles. The van der Waals surface area contributed by atoms with Crippen LogP contribution in [0.15, 0.2) is 18.3 Å². The van der Waals surface area contributed by atoms with Gasteiger partial charge < -0.3 is 15.3 Å². The Balaban J connectivity index is 1.70.